The van der Waals surface area contributed by atoms with E-state index in [4.69, 9.17) is 10.00 Å². The van der Waals surface area contributed by atoms with Gasteiger partial charge in [-0.05, 0) is 43.3 Å². The maximum atomic E-state index is 13.6. The largest absolute Gasteiger partial charge is 0.456 e. The van der Waals surface area contributed by atoms with Crippen LogP contribution in [-0.2, 0) is 0 Å². The second-order valence-electron chi connectivity index (χ2n) is 4.65. The van der Waals surface area contributed by atoms with Gasteiger partial charge in [-0.15, -0.1) is 0 Å². The van der Waals surface area contributed by atoms with Crippen LogP contribution in [0.3, 0.4) is 0 Å². The van der Waals surface area contributed by atoms with Crippen LogP contribution < -0.4 is 10.1 Å². The molecule has 0 aliphatic rings. The van der Waals surface area contributed by atoms with Gasteiger partial charge >= 0.3 is 0 Å². The van der Waals surface area contributed by atoms with Gasteiger partial charge < -0.3 is 10.1 Å². The van der Waals surface area contributed by atoms with Crippen molar-refractivity contribution < 1.29 is 9.13 Å². The van der Waals surface area contributed by atoms with Crippen molar-refractivity contribution in [2.45, 2.75) is 19.4 Å². The minimum atomic E-state index is -0.576. The molecular weight excluding hydrogens is 267 g/mol. The molecule has 2 aromatic carbocycles. The molecule has 1 N–H and O–H groups in total. The quantitative estimate of drug-likeness (QED) is 0.896. The van der Waals surface area contributed by atoms with Crippen molar-refractivity contribution in [1.29, 1.82) is 5.26 Å². The molecule has 2 aromatic rings. The molecule has 4 heteroatoms. The summed E-state index contributed by atoms with van der Waals surface area (Å²) in [6.45, 7) is 2.09. The van der Waals surface area contributed by atoms with Gasteiger partial charge in [-0.2, -0.15) is 5.26 Å². The average Bonchev–Trinajstić information content (AvgIpc) is 2.49. The van der Waals surface area contributed by atoms with Crippen LogP contribution in [-0.4, -0.2) is 7.05 Å². The summed E-state index contributed by atoms with van der Waals surface area (Å²) in [6.07, 6.45) is 0.948. The fourth-order valence-corrected chi connectivity index (χ4v) is 2.23. The molecule has 108 valence electrons. The molecule has 0 radical (unpaired) electrons. The van der Waals surface area contributed by atoms with Crippen LogP contribution in [0.25, 0.3) is 0 Å². The van der Waals surface area contributed by atoms with Gasteiger partial charge in [-0.1, -0.05) is 25.1 Å². The van der Waals surface area contributed by atoms with E-state index in [1.54, 1.807) is 12.1 Å². The predicted octanol–water partition coefficient (Wildman–Crippen LogP) is 4.16. The van der Waals surface area contributed by atoms with Gasteiger partial charge in [0.15, 0.2) is 0 Å². The predicted molar refractivity (Wildman–Crippen MR) is 79.7 cm³/mol. The van der Waals surface area contributed by atoms with Crippen molar-refractivity contribution in [3.05, 3.63) is 59.4 Å². The molecule has 0 saturated heterocycles. The Morgan fingerprint density at radius 3 is 2.71 bits per heavy atom. The molecule has 0 bridgehead atoms. The first-order valence-corrected chi connectivity index (χ1v) is 6.83. The molecule has 0 aliphatic heterocycles. The Morgan fingerprint density at radius 2 is 2.05 bits per heavy atom. The highest BCUT2D eigenvalue weighted by molar-refractivity contribution is 5.46. The molecule has 0 amide bonds. The second-order valence-corrected chi connectivity index (χ2v) is 4.65. The molecule has 1 atom stereocenters. The van der Waals surface area contributed by atoms with Crippen molar-refractivity contribution >= 4 is 0 Å². The first-order chi connectivity index (χ1) is 10.2. The monoisotopic (exact) mass is 284 g/mol. The number of halogens is 1. The van der Waals surface area contributed by atoms with Crippen LogP contribution in [0.1, 0.15) is 30.5 Å². The number of benzene rings is 2. The van der Waals surface area contributed by atoms with E-state index in [9.17, 15) is 4.39 Å². The fourth-order valence-electron chi connectivity index (χ4n) is 2.23. The van der Waals surface area contributed by atoms with Crippen molar-refractivity contribution in [2.24, 2.45) is 0 Å². The summed E-state index contributed by atoms with van der Waals surface area (Å²) in [4.78, 5) is 0. The summed E-state index contributed by atoms with van der Waals surface area (Å²) >= 11 is 0. The van der Waals surface area contributed by atoms with Crippen LogP contribution in [0, 0.1) is 17.1 Å². The Bertz CT molecular complexity index is 660. The minimum Gasteiger partial charge on any atom is -0.456 e. The highest BCUT2D eigenvalue weighted by Crippen LogP contribution is 2.28. The van der Waals surface area contributed by atoms with Gasteiger partial charge in [0.2, 0.25) is 0 Å². The number of nitriles is 1. The highest BCUT2D eigenvalue weighted by Gasteiger charge is 2.11. The van der Waals surface area contributed by atoms with Crippen molar-refractivity contribution in [1.82, 2.24) is 5.32 Å². The Hall–Kier alpha value is -2.38. The maximum absolute atomic E-state index is 13.6. The third kappa shape index (κ3) is 3.39. The first kappa shape index (κ1) is 15.0. The minimum absolute atomic E-state index is 0.0800. The van der Waals surface area contributed by atoms with Gasteiger partial charge in [0.25, 0.3) is 0 Å². The zero-order valence-corrected chi connectivity index (χ0v) is 12.1. The smallest absolute Gasteiger partial charge is 0.148 e. The Morgan fingerprint density at radius 1 is 1.29 bits per heavy atom. The van der Waals surface area contributed by atoms with E-state index in [2.05, 4.69) is 12.2 Å². The second kappa shape index (κ2) is 6.87. The molecule has 0 aromatic heterocycles. The third-order valence-corrected chi connectivity index (χ3v) is 3.33. The van der Waals surface area contributed by atoms with Crippen LogP contribution in [0.15, 0.2) is 42.5 Å². The van der Waals surface area contributed by atoms with Gasteiger partial charge in [0.05, 0.1) is 0 Å². The molecule has 21 heavy (non-hydrogen) atoms. The molecule has 0 heterocycles. The lowest BCUT2D eigenvalue weighted by Crippen LogP contribution is -2.15. The summed E-state index contributed by atoms with van der Waals surface area (Å²) in [6, 6.07) is 14.0. The Balaban J connectivity index is 2.31. The van der Waals surface area contributed by atoms with E-state index >= 15 is 0 Å². The zero-order valence-electron chi connectivity index (χ0n) is 12.1. The molecule has 2 rings (SSSR count). The number of nitrogens with one attached hydrogen (secondary N) is 1. The fraction of sp³-hybridized carbons (Fsp3) is 0.235. The van der Waals surface area contributed by atoms with E-state index < -0.39 is 5.82 Å². The summed E-state index contributed by atoms with van der Waals surface area (Å²) < 4.78 is 19.2. The lowest BCUT2D eigenvalue weighted by atomic mass is 10.0. The number of hydrogen-bond donors (Lipinski definition) is 1. The first-order valence-electron chi connectivity index (χ1n) is 6.83. The SMILES string of the molecule is CCC(NC)c1cccc(Oc2cccc(F)c2C#N)c1. The van der Waals surface area contributed by atoms with E-state index in [0.29, 0.717) is 5.75 Å². The Kier molecular flexibility index (Phi) is 4.91. The molecule has 0 spiro atoms. The Labute approximate surface area is 124 Å². The van der Waals surface area contributed by atoms with Gasteiger partial charge in [0.1, 0.15) is 28.9 Å². The van der Waals surface area contributed by atoms with E-state index in [1.807, 2.05) is 31.3 Å². The number of rotatable bonds is 5. The lowest BCUT2D eigenvalue weighted by molar-refractivity contribution is 0.471. The van der Waals surface area contributed by atoms with Gasteiger partial charge in [-0.3, -0.25) is 0 Å². The molecule has 3 nitrogen and oxygen atoms in total. The van der Waals surface area contributed by atoms with Crippen molar-refractivity contribution in [3.8, 4) is 17.6 Å². The standard InChI is InChI=1S/C17H17FN2O/c1-3-16(20-2)12-6-4-7-13(10-12)21-17-9-5-8-15(18)14(17)11-19/h4-10,16,20H,3H2,1-2H3. The summed E-state index contributed by atoms with van der Waals surface area (Å²) in [5, 5.41) is 12.2. The third-order valence-electron chi connectivity index (χ3n) is 3.33. The molecule has 1 unspecified atom stereocenters. The summed E-state index contributed by atoms with van der Waals surface area (Å²) in [5.74, 6) is 0.239. The maximum Gasteiger partial charge on any atom is 0.148 e. The van der Waals surface area contributed by atoms with Crippen LogP contribution in [0.4, 0.5) is 4.39 Å². The van der Waals surface area contributed by atoms with Crippen LogP contribution >= 0.6 is 0 Å². The van der Waals surface area contributed by atoms with E-state index in [-0.39, 0.29) is 17.4 Å². The highest BCUT2D eigenvalue weighted by atomic mass is 19.1. The number of nitrogens with zero attached hydrogens (tertiary/aromatic N) is 1. The zero-order chi connectivity index (χ0) is 15.2. The normalized spacial score (nSPS) is 11.7. The van der Waals surface area contributed by atoms with Gasteiger partial charge in [-0.25, -0.2) is 4.39 Å². The summed E-state index contributed by atoms with van der Waals surface area (Å²) in [7, 11) is 1.90. The topological polar surface area (TPSA) is 45.0 Å². The molecule has 0 saturated carbocycles. The molecular formula is C17H17FN2O. The summed E-state index contributed by atoms with van der Waals surface area (Å²) in [5.41, 5.74) is 1.01. The van der Waals surface area contributed by atoms with Crippen molar-refractivity contribution in [3.63, 3.8) is 0 Å². The number of hydrogen-bond acceptors (Lipinski definition) is 3. The van der Waals surface area contributed by atoms with Crippen molar-refractivity contribution in [2.75, 3.05) is 7.05 Å². The van der Waals surface area contributed by atoms with E-state index in [0.717, 1.165) is 12.0 Å². The average molecular weight is 284 g/mol. The van der Waals surface area contributed by atoms with Crippen LogP contribution in [0.5, 0.6) is 11.5 Å². The number of ether oxygens (including phenoxy) is 1. The van der Waals surface area contributed by atoms with Crippen LogP contribution in [0.2, 0.25) is 0 Å². The molecule has 0 aliphatic carbocycles. The lowest BCUT2D eigenvalue weighted by Gasteiger charge is -2.15. The molecule has 0 fully saturated rings. The van der Waals surface area contributed by atoms with E-state index in [1.165, 1.54) is 12.1 Å². The van der Waals surface area contributed by atoms with Gasteiger partial charge in [0, 0.05) is 6.04 Å².